The van der Waals surface area contributed by atoms with Crippen molar-refractivity contribution in [2.75, 3.05) is 0 Å². The van der Waals surface area contributed by atoms with Crippen LogP contribution in [0.15, 0.2) is 205 Å². The standard InChI is InChI=1S/C60H39N5O/c1-60(2)48-24-12-9-22-44(48)54-45(23-15-25-49(54)60)58-61-57(37-18-7-4-8-19-37)62-59(63-58)65-51-27-14-11-21-41(51)43-31-30-42-40-20-10-13-26-50(40)64(55(42)56(43)65)39-29-33-53-47(35-39)46-34-38(28-32-52(46)66-53)36-16-5-3-6-17-36/h3-35H,1-2H3. The molecule has 13 aromatic rings. The molecule has 0 bridgehead atoms. The Kier molecular flexibility index (Phi) is 7.64. The Labute approximate surface area is 379 Å². The molecular weight excluding hydrogens is 807 g/mol. The Morgan fingerprint density at radius 1 is 0.394 bits per heavy atom. The van der Waals surface area contributed by atoms with Crippen molar-refractivity contribution in [1.29, 1.82) is 0 Å². The number of para-hydroxylation sites is 2. The van der Waals surface area contributed by atoms with Gasteiger partial charge in [-0.2, -0.15) is 9.97 Å². The minimum absolute atomic E-state index is 0.179. The zero-order valence-electron chi connectivity index (χ0n) is 36.2. The molecule has 14 rings (SSSR count). The molecule has 0 spiro atoms. The summed E-state index contributed by atoms with van der Waals surface area (Å²) in [5.74, 6) is 1.81. The Balaban J connectivity index is 1.08. The first-order valence-electron chi connectivity index (χ1n) is 22.5. The molecule has 0 amide bonds. The average molecular weight is 846 g/mol. The molecule has 0 saturated heterocycles. The largest absolute Gasteiger partial charge is 0.456 e. The molecule has 0 atom stereocenters. The van der Waals surface area contributed by atoms with Crippen molar-refractivity contribution in [3.8, 4) is 56.7 Å². The van der Waals surface area contributed by atoms with Gasteiger partial charge in [0, 0.05) is 54.5 Å². The molecule has 0 fully saturated rings. The fraction of sp³-hybridized carbons (Fsp3) is 0.0500. The predicted molar refractivity (Wildman–Crippen MR) is 270 cm³/mol. The van der Waals surface area contributed by atoms with Gasteiger partial charge >= 0.3 is 0 Å². The smallest absolute Gasteiger partial charge is 0.238 e. The van der Waals surface area contributed by atoms with E-state index in [0.29, 0.717) is 17.6 Å². The summed E-state index contributed by atoms with van der Waals surface area (Å²) in [6, 6.07) is 71.1. The summed E-state index contributed by atoms with van der Waals surface area (Å²) in [5.41, 5.74) is 16.0. The van der Waals surface area contributed by atoms with Gasteiger partial charge < -0.3 is 8.98 Å². The van der Waals surface area contributed by atoms with Gasteiger partial charge in [0.25, 0.3) is 0 Å². The van der Waals surface area contributed by atoms with Gasteiger partial charge in [-0.15, -0.1) is 0 Å². The molecular formula is C60H39N5O. The lowest BCUT2D eigenvalue weighted by molar-refractivity contribution is 0.660. The summed E-state index contributed by atoms with van der Waals surface area (Å²) >= 11 is 0. The van der Waals surface area contributed by atoms with Gasteiger partial charge in [0.2, 0.25) is 5.95 Å². The van der Waals surface area contributed by atoms with Crippen LogP contribution in [0.25, 0.3) is 122 Å². The molecule has 0 radical (unpaired) electrons. The van der Waals surface area contributed by atoms with E-state index in [1.165, 1.54) is 27.8 Å². The maximum absolute atomic E-state index is 6.50. The number of rotatable bonds is 5. The van der Waals surface area contributed by atoms with Gasteiger partial charge in [0.05, 0.1) is 22.1 Å². The second-order valence-electron chi connectivity index (χ2n) is 18.0. The minimum Gasteiger partial charge on any atom is -0.456 e. The van der Waals surface area contributed by atoms with Crippen molar-refractivity contribution in [2.24, 2.45) is 0 Å². The highest BCUT2D eigenvalue weighted by Crippen LogP contribution is 2.52. The number of nitrogens with zero attached hydrogens (tertiary/aromatic N) is 5. The summed E-state index contributed by atoms with van der Waals surface area (Å²) in [7, 11) is 0. The number of fused-ring (bicyclic) bond motifs is 13. The van der Waals surface area contributed by atoms with Crippen molar-refractivity contribution >= 4 is 65.6 Å². The Bertz CT molecular complexity index is 4140. The molecule has 4 aromatic heterocycles. The zero-order valence-corrected chi connectivity index (χ0v) is 36.2. The fourth-order valence-corrected chi connectivity index (χ4v) is 10.9. The summed E-state index contributed by atoms with van der Waals surface area (Å²) in [4.78, 5) is 16.3. The molecule has 0 aliphatic heterocycles. The van der Waals surface area contributed by atoms with Crippen molar-refractivity contribution < 1.29 is 4.42 Å². The van der Waals surface area contributed by atoms with Crippen LogP contribution in [0.5, 0.6) is 0 Å². The highest BCUT2D eigenvalue weighted by atomic mass is 16.3. The lowest BCUT2D eigenvalue weighted by atomic mass is 9.82. The van der Waals surface area contributed by atoms with E-state index in [1.54, 1.807) is 0 Å². The van der Waals surface area contributed by atoms with Crippen molar-refractivity contribution in [3.05, 3.63) is 211 Å². The van der Waals surface area contributed by atoms with E-state index < -0.39 is 0 Å². The zero-order chi connectivity index (χ0) is 43.7. The average Bonchev–Trinajstić information content (AvgIpc) is 4.09. The topological polar surface area (TPSA) is 61.7 Å². The van der Waals surface area contributed by atoms with Crippen LogP contribution in [-0.2, 0) is 5.41 Å². The second kappa shape index (κ2) is 13.7. The molecule has 0 N–H and O–H groups in total. The molecule has 1 aliphatic carbocycles. The van der Waals surface area contributed by atoms with E-state index in [9.17, 15) is 0 Å². The quantitative estimate of drug-likeness (QED) is 0.173. The van der Waals surface area contributed by atoms with Crippen LogP contribution < -0.4 is 0 Å². The van der Waals surface area contributed by atoms with Crippen LogP contribution >= 0.6 is 0 Å². The molecule has 1 aliphatic rings. The van der Waals surface area contributed by atoms with Gasteiger partial charge in [0.15, 0.2) is 11.6 Å². The molecule has 6 nitrogen and oxygen atoms in total. The molecule has 0 saturated carbocycles. The molecule has 9 aromatic carbocycles. The van der Waals surface area contributed by atoms with Crippen LogP contribution in [0.3, 0.4) is 0 Å². The third-order valence-electron chi connectivity index (χ3n) is 14.0. The first-order chi connectivity index (χ1) is 32.5. The number of aromatic nitrogens is 5. The van der Waals surface area contributed by atoms with Crippen LogP contribution in [-0.4, -0.2) is 24.1 Å². The van der Waals surface area contributed by atoms with Gasteiger partial charge in [-0.1, -0.05) is 172 Å². The van der Waals surface area contributed by atoms with Crippen LogP contribution in [0, 0.1) is 0 Å². The number of furan rings is 1. The third-order valence-corrected chi connectivity index (χ3v) is 14.0. The molecule has 66 heavy (non-hydrogen) atoms. The van der Waals surface area contributed by atoms with Gasteiger partial charge in [-0.3, -0.25) is 4.57 Å². The highest BCUT2D eigenvalue weighted by Gasteiger charge is 2.37. The van der Waals surface area contributed by atoms with Crippen molar-refractivity contribution in [2.45, 2.75) is 19.3 Å². The monoisotopic (exact) mass is 845 g/mol. The second-order valence-corrected chi connectivity index (χ2v) is 18.0. The normalized spacial score (nSPS) is 13.1. The molecule has 0 unspecified atom stereocenters. The molecule has 4 heterocycles. The van der Waals surface area contributed by atoms with E-state index in [1.807, 2.05) is 18.2 Å². The van der Waals surface area contributed by atoms with E-state index in [-0.39, 0.29) is 5.41 Å². The fourth-order valence-electron chi connectivity index (χ4n) is 10.9. The van der Waals surface area contributed by atoms with Gasteiger partial charge in [-0.05, 0) is 75.8 Å². The summed E-state index contributed by atoms with van der Waals surface area (Å²) in [6.07, 6.45) is 0. The minimum atomic E-state index is -0.179. The van der Waals surface area contributed by atoms with E-state index >= 15 is 0 Å². The number of hydrogen-bond donors (Lipinski definition) is 0. The van der Waals surface area contributed by atoms with Crippen molar-refractivity contribution in [3.63, 3.8) is 0 Å². The van der Waals surface area contributed by atoms with Crippen LogP contribution in [0.1, 0.15) is 25.0 Å². The van der Waals surface area contributed by atoms with Crippen molar-refractivity contribution in [1.82, 2.24) is 24.1 Å². The Hall–Kier alpha value is -8.61. The Morgan fingerprint density at radius 2 is 0.970 bits per heavy atom. The number of hydrogen-bond acceptors (Lipinski definition) is 4. The Morgan fingerprint density at radius 3 is 1.73 bits per heavy atom. The van der Waals surface area contributed by atoms with E-state index in [4.69, 9.17) is 19.4 Å². The first-order valence-corrected chi connectivity index (χ1v) is 22.5. The van der Waals surface area contributed by atoms with Gasteiger partial charge in [-0.25, -0.2) is 4.98 Å². The highest BCUT2D eigenvalue weighted by molar-refractivity contribution is 6.24. The first kappa shape index (κ1) is 36.8. The predicted octanol–water partition coefficient (Wildman–Crippen LogP) is 15.3. The summed E-state index contributed by atoms with van der Waals surface area (Å²) in [6.45, 7) is 4.62. The van der Waals surface area contributed by atoms with Gasteiger partial charge in [0.1, 0.15) is 11.2 Å². The van der Waals surface area contributed by atoms with E-state index in [2.05, 4.69) is 205 Å². The lowest BCUT2D eigenvalue weighted by Gasteiger charge is -2.21. The SMILES string of the molecule is CC1(C)c2ccccc2-c2c(-c3nc(-c4ccccc4)nc(-n4c5ccccc5c5ccc6c7ccccc7n(-c7ccc8oc9ccc(-c%10ccccc%10)cc9c8c7)c6c54)n3)cccc21. The maximum atomic E-state index is 6.50. The number of benzene rings is 9. The van der Waals surface area contributed by atoms with Crippen LogP contribution in [0.2, 0.25) is 0 Å². The summed E-state index contributed by atoms with van der Waals surface area (Å²) in [5, 5.41) is 6.69. The van der Waals surface area contributed by atoms with Crippen LogP contribution in [0.4, 0.5) is 0 Å². The summed E-state index contributed by atoms with van der Waals surface area (Å²) < 4.78 is 11.2. The maximum Gasteiger partial charge on any atom is 0.238 e. The molecule has 310 valence electrons. The van der Waals surface area contributed by atoms with E-state index in [0.717, 1.165) is 87.9 Å². The molecule has 6 heteroatoms. The third kappa shape index (κ3) is 5.21. The lowest BCUT2D eigenvalue weighted by Crippen LogP contribution is -2.14.